The Morgan fingerprint density at radius 2 is 2.05 bits per heavy atom. The minimum atomic E-state index is -0.489. The molecule has 1 heterocycles. The Hall–Kier alpha value is -1.71. The number of rotatable bonds is 4. The molecule has 1 amide bonds. The summed E-state index contributed by atoms with van der Waals surface area (Å²) >= 11 is 0. The Morgan fingerprint density at radius 1 is 1.35 bits per heavy atom. The summed E-state index contributed by atoms with van der Waals surface area (Å²) in [7, 11) is 1.60. The van der Waals surface area contributed by atoms with E-state index in [1.54, 1.807) is 14.0 Å². The lowest BCUT2D eigenvalue weighted by Crippen LogP contribution is -2.45. The highest BCUT2D eigenvalue weighted by Gasteiger charge is 2.26. The highest BCUT2D eigenvalue weighted by Crippen LogP contribution is 2.27. The number of amides is 1. The fourth-order valence-corrected chi connectivity index (χ4v) is 2.60. The van der Waals surface area contributed by atoms with E-state index in [1.165, 1.54) is 6.42 Å². The molecule has 1 saturated heterocycles. The van der Waals surface area contributed by atoms with Crippen LogP contribution in [0.5, 0.6) is 11.5 Å². The van der Waals surface area contributed by atoms with Gasteiger partial charge in [-0.2, -0.15) is 0 Å². The van der Waals surface area contributed by atoms with E-state index in [-0.39, 0.29) is 5.91 Å². The van der Waals surface area contributed by atoms with Crippen LogP contribution < -0.4 is 9.47 Å². The Labute approximate surface area is 120 Å². The maximum Gasteiger partial charge on any atom is 0.263 e. The molecular formula is C16H23NO3. The molecule has 0 radical (unpaired) electrons. The summed E-state index contributed by atoms with van der Waals surface area (Å²) in [4.78, 5) is 14.3. The summed E-state index contributed by atoms with van der Waals surface area (Å²) < 4.78 is 11.0. The van der Waals surface area contributed by atoms with E-state index in [1.807, 2.05) is 29.2 Å². The van der Waals surface area contributed by atoms with Crippen molar-refractivity contribution >= 4 is 5.91 Å². The third kappa shape index (κ3) is 3.44. The Bertz CT molecular complexity index is 461. The first-order valence-electron chi connectivity index (χ1n) is 7.20. The Morgan fingerprint density at radius 3 is 2.70 bits per heavy atom. The van der Waals surface area contributed by atoms with Crippen molar-refractivity contribution in [2.24, 2.45) is 5.92 Å². The number of methoxy groups -OCH3 is 1. The van der Waals surface area contributed by atoms with E-state index >= 15 is 0 Å². The first-order valence-corrected chi connectivity index (χ1v) is 7.20. The van der Waals surface area contributed by atoms with E-state index in [2.05, 4.69) is 6.92 Å². The molecule has 0 saturated carbocycles. The minimum absolute atomic E-state index is 0.0578. The SMILES string of the molecule is COc1ccccc1O[C@H](C)C(=O)N1CCC[C@H](C)C1. The molecule has 1 aromatic rings. The van der Waals surface area contributed by atoms with Crippen LogP contribution in [0.25, 0.3) is 0 Å². The molecule has 1 fully saturated rings. The molecule has 4 nitrogen and oxygen atoms in total. The largest absolute Gasteiger partial charge is 0.493 e. The first-order chi connectivity index (χ1) is 9.61. The van der Waals surface area contributed by atoms with E-state index in [0.717, 1.165) is 19.5 Å². The second-order valence-corrected chi connectivity index (χ2v) is 5.44. The van der Waals surface area contributed by atoms with Gasteiger partial charge < -0.3 is 14.4 Å². The summed E-state index contributed by atoms with van der Waals surface area (Å²) in [5.74, 6) is 1.90. The van der Waals surface area contributed by atoms with Gasteiger partial charge in [-0.1, -0.05) is 19.1 Å². The molecule has 0 aromatic heterocycles. The number of nitrogens with zero attached hydrogens (tertiary/aromatic N) is 1. The van der Waals surface area contributed by atoms with Crippen LogP contribution in [0.4, 0.5) is 0 Å². The number of para-hydroxylation sites is 2. The molecular weight excluding hydrogens is 254 g/mol. The topological polar surface area (TPSA) is 38.8 Å². The van der Waals surface area contributed by atoms with Crippen molar-refractivity contribution in [1.29, 1.82) is 0 Å². The molecule has 4 heteroatoms. The summed E-state index contributed by atoms with van der Waals surface area (Å²) in [6.45, 7) is 5.65. The molecule has 110 valence electrons. The fourth-order valence-electron chi connectivity index (χ4n) is 2.60. The number of carbonyl (C=O) groups excluding carboxylic acids is 1. The maximum atomic E-state index is 12.4. The Kier molecular flexibility index (Phi) is 4.88. The molecule has 0 unspecified atom stereocenters. The van der Waals surface area contributed by atoms with Gasteiger partial charge in [0, 0.05) is 13.1 Å². The third-order valence-corrected chi connectivity index (χ3v) is 3.69. The van der Waals surface area contributed by atoms with Crippen molar-refractivity contribution in [3.8, 4) is 11.5 Å². The number of hydrogen-bond donors (Lipinski definition) is 0. The molecule has 20 heavy (non-hydrogen) atoms. The van der Waals surface area contributed by atoms with Gasteiger partial charge in [0.2, 0.25) is 0 Å². The van der Waals surface area contributed by atoms with E-state index < -0.39 is 6.10 Å². The van der Waals surface area contributed by atoms with E-state index in [4.69, 9.17) is 9.47 Å². The molecule has 1 aliphatic heterocycles. The van der Waals surface area contributed by atoms with Crippen LogP contribution in [0.2, 0.25) is 0 Å². The van der Waals surface area contributed by atoms with Crippen LogP contribution in [0, 0.1) is 5.92 Å². The predicted octanol–water partition coefficient (Wildman–Crippen LogP) is 2.72. The van der Waals surface area contributed by atoms with Crippen LogP contribution in [-0.2, 0) is 4.79 Å². The molecule has 2 rings (SSSR count). The zero-order valence-corrected chi connectivity index (χ0v) is 12.5. The second kappa shape index (κ2) is 6.64. The number of piperidine rings is 1. The zero-order valence-electron chi connectivity index (χ0n) is 12.5. The fraction of sp³-hybridized carbons (Fsp3) is 0.562. The minimum Gasteiger partial charge on any atom is -0.493 e. The van der Waals surface area contributed by atoms with Gasteiger partial charge in [-0.05, 0) is 37.8 Å². The van der Waals surface area contributed by atoms with Gasteiger partial charge in [0.15, 0.2) is 17.6 Å². The van der Waals surface area contributed by atoms with Crippen molar-refractivity contribution in [2.75, 3.05) is 20.2 Å². The van der Waals surface area contributed by atoms with Crippen LogP contribution in [0.1, 0.15) is 26.7 Å². The zero-order chi connectivity index (χ0) is 14.5. The van der Waals surface area contributed by atoms with Crippen LogP contribution >= 0.6 is 0 Å². The lowest BCUT2D eigenvalue weighted by Gasteiger charge is -2.32. The van der Waals surface area contributed by atoms with Crippen LogP contribution in [-0.4, -0.2) is 37.1 Å². The number of likely N-dealkylation sites (tertiary alicyclic amines) is 1. The van der Waals surface area contributed by atoms with Crippen molar-refractivity contribution < 1.29 is 14.3 Å². The normalized spacial score (nSPS) is 20.4. The smallest absolute Gasteiger partial charge is 0.263 e. The van der Waals surface area contributed by atoms with Crippen molar-refractivity contribution in [2.45, 2.75) is 32.8 Å². The first kappa shape index (κ1) is 14.7. The van der Waals surface area contributed by atoms with Gasteiger partial charge in [-0.25, -0.2) is 0 Å². The van der Waals surface area contributed by atoms with Gasteiger partial charge in [-0.3, -0.25) is 4.79 Å². The molecule has 0 spiro atoms. The highest BCUT2D eigenvalue weighted by molar-refractivity contribution is 5.81. The highest BCUT2D eigenvalue weighted by atomic mass is 16.5. The van der Waals surface area contributed by atoms with Crippen LogP contribution in [0.15, 0.2) is 24.3 Å². The third-order valence-electron chi connectivity index (χ3n) is 3.69. The van der Waals surface area contributed by atoms with Gasteiger partial charge in [-0.15, -0.1) is 0 Å². The average Bonchev–Trinajstić information content (AvgIpc) is 2.47. The summed E-state index contributed by atoms with van der Waals surface area (Å²) in [6.07, 6.45) is 1.79. The lowest BCUT2D eigenvalue weighted by atomic mass is 10.00. The standard InChI is InChI=1S/C16H23NO3/c1-12-7-6-10-17(11-12)16(18)13(2)20-15-9-5-4-8-14(15)19-3/h4-5,8-9,12-13H,6-7,10-11H2,1-3H3/t12-,13+/m0/s1. The molecule has 0 N–H and O–H groups in total. The van der Waals surface area contributed by atoms with E-state index in [9.17, 15) is 4.79 Å². The van der Waals surface area contributed by atoms with Gasteiger partial charge in [0.1, 0.15) is 0 Å². The predicted molar refractivity (Wildman–Crippen MR) is 78.1 cm³/mol. The lowest BCUT2D eigenvalue weighted by molar-refractivity contribution is -0.139. The quantitative estimate of drug-likeness (QED) is 0.849. The number of benzene rings is 1. The summed E-state index contributed by atoms with van der Waals surface area (Å²) in [5, 5.41) is 0. The maximum absolute atomic E-state index is 12.4. The number of carbonyl (C=O) groups is 1. The second-order valence-electron chi connectivity index (χ2n) is 5.44. The molecule has 1 aliphatic rings. The van der Waals surface area contributed by atoms with E-state index in [0.29, 0.717) is 17.4 Å². The molecule has 1 aromatic carbocycles. The van der Waals surface area contributed by atoms with Crippen molar-refractivity contribution in [3.63, 3.8) is 0 Å². The monoisotopic (exact) mass is 277 g/mol. The Balaban J connectivity index is 2.00. The molecule has 0 bridgehead atoms. The van der Waals surface area contributed by atoms with Gasteiger partial charge in [0.05, 0.1) is 7.11 Å². The summed E-state index contributed by atoms with van der Waals surface area (Å²) in [5.41, 5.74) is 0. The van der Waals surface area contributed by atoms with Gasteiger partial charge in [0.25, 0.3) is 5.91 Å². The average molecular weight is 277 g/mol. The molecule has 2 atom stereocenters. The van der Waals surface area contributed by atoms with Crippen LogP contribution in [0.3, 0.4) is 0 Å². The number of ether oxygens (including phenoxy) is 2. The number of hydrogen-bond acceptors (Lipinski definition) is 3. The van der Waals surface area contributed by atoms with Crippen molar-refractivity contribution in [3.05, 3.63) is 24.3 Å². The molecule has 0 aliphatic carbocycles. The van der Waals surface area contributed by atoms with Crippen molar-refractivity contribution in [1.82, 2.24) is 4.90 Å². The summed E-state index contributed by atoms with van der Waals surface area (Å²) in [6, 6.07) is 7.40. The van der Waals surface area contributed by atoms with Gasteiger partial charge >= 0.3 is 0 Å².